The van der Waals surface area contributed by atoms with Crippen molar-refractivity contribution in [3.8, 4) is 0 Å². The Labute approximate surface area is 113 Å². The number of hydrogen-bond donors (Lipinski definition) is 1. The molecule has 110 valence electrons. The number of alkyl halides is 3. The van der Waals surface area contributed by atoms with E-state index >= 15 is 0 Å². The van der Waals surface area contributed by atoms with Crippen LogP contribution in [0.4, 0.5) is 13.2 Å². The van der Waals surface area contributed by atoms with Gasteiger partial charge in [-0.2, -0.15) is 13.2 Å². The van der Waals surface area contributed by atoms with Crippen molar-refractivity contribution in [2.24, 2.45) is 5.92 Å². The topological polar surface area (TPSA) is 71.4 Å². The van der Waals surface area contributed by atoms with E-state index in [0.717, 1.165) is 18.2 Å². The van der Waals surface area contributed by atoms with E-state index in [1.54, 1.807) is 0 Å². The summed E-state index contributed by atoms with van der Waals surface area (Å²) >= 11 is 0. The monoisotopic (exact) mass is 308 g/mol. The fourth-order valence-electron chi connectivity index (χ4n) is 2.39. The third-order valence-electron chi connectivity index (χ3n) is 3.50. The Hall–Kier alpha value is -1.57. The lowest BCUT2D eigenvalue weighted by Crippen LogP contribution is -2.30. The third kappa shape index (κ3) is 2.17. The second-order valence-corrected chi connectivity index (χ2v) is 6.83. The molecule has 20 heavy (non-hydrogen) atoms. The average Bonchev–Trinajstić information content (AvgIpc) is 2.59. The van der Waals surface area contributed by atoms with E-state index in [-0.39, 0.29) is 5.56 Å². The van der Waals surface area contributed by atoms with E-state index in [1.807, 2.05) is 0 Å². The summed E-state index contributed by atoms with van der Waals surface area (Å²) in [6, 6.07) is 2.92. The van der Waals surface area contributed by atoms with E-state index in [1.165, 1.54) is 6.92 Å². The summed E-state index contributed by atoms with van der Waals surface area (Å²) in [5.41, 5.74) is -1.35. The zero-order valence-corrected chi connectivity index (χ0v) is 11.1. The first-order valence-electron chi connectivity index (χ1n) is 5.72. The summed E-state index contributed by atoms with van der Waals surface area (Å²) in [6.07, 6.45) is -5.09. The number of halogens is 3. The van der Waals surface area contributed by atoms with E-state index in [2.05, 4.69) is 0 Å². The standard InChI is InChI=1S/C12H11F3O4S/c1-6(11(16)17)10-5-7-8(12(13,14)15)3-2-4-9(7)20(10,18)19/h2-4,6,10H,5H2,1H3,(H,16,17). The highest BCUT2D eigenvalue weighted by molar-refractivity contribution is 7.92. The number of carboxylic acid groups (broad SMARTS) is 1. The van der Waals surface area contributed by atoms with Crippen molar-refractivity contribution in [1.29, 1.82) is 0 Å². The summed E-state index contributed by atoms with van der Waals surface area (Å²) in [5, 5.41) is 7.53. The van der Waals surface area contributed by atoms with Gasteiger partial charge in [0.05, 0.1) is 21.6 Å². The minimum atomic E-state index is -4.66. The number of rotatable bonds is 2. The molecule has 0 fully saturated rings. The molecule has 0 aromatic heterocycles. The van der Waals surface area contributed by atoms with Crippen LogP contribution in [-0.2, 0) is 27.2 Å². The molecule has 0 bridgehead atoms. The highest BCUT2D eigenvalue weighted by Gasteiger charge is 2.47. The minimum Gasteiger partial charge on any atom is -0.481 e. The molecule has 8 heteroatoms. The normalized spacial score (nSPS) is 22.3. The van der Waals surface area contributed by atoms with E-state index in [0.29, 0.717) is 0 Å². The maximum absolute atomic E-state index is 12.9. The fourth-order valence-corrected chi connectivity index (χ4v) is 4.56. The van der Waals surface area contributed by atoms with Gasteiger partial charge in [0.15, 0.2) is 9.84 Å². The van der Waals surface area contributed by atoms with Crippen LogP contribution in [0.25, 0.3) is 0 Å². The molecule has 1 aliphatic heterocycles. The summed E-state index contributed by atoms with van der Waals surface area (Å²) in [6.45, 7) is 1.18. The molecule has 4 nitrogen and oxygen atoms in total. The number of benzene rings is 1. The maximum Gasteiger partial charge on any atom is 0.416 e. The van der Waals surface area contributed by atoms with E-state index in [4.69, 9.17) is 5.11 Å². The maximum atomic E-state index is 12.9. The predicted molar refractivity (Wildman–Crippen MR) is 62.9 cm³/mol. The lowest BCUT2D eigenvalue weighted by atomic mass is 9.97. The number of carbonyl (C=O) groups is 1. The Morgan fingerprint density at radius 3 is 2.50 bits per heavy atom. The van der Waals surface area contributed by atoms with Gasteiger partial charge in [-0.15, -0.1) is 0 Å². The largest absolute Gasteiger partial charge is 0.481 e. The molecule has 0 amide bonds. The SMILES string of the molecule is CC(C(=O)O)C1Cc2c(C(F)(F)F)cccc2S1(=O)=O. The van der Waals surface area contributed by atoms with Gasteiger partial charge in [-0.1, -0.05) is 13.0 Å². The summed E-state index contributed by atoms with van der Waals surface area (Å²) in [5.74, 6) is -2.62. The highest BCUT2D eigenvalue weighted by Crippen LogP contribution is 2.42. The zero-order chi connectivity index (χ0) is 15.3. The highest BCUT2D eigenvalue weighted by atomic mass is 32.2. The van der Waals surface area contributed by atoms with Crippen molar-refractivity contribution in [2.75, 3.05) is 0 Å². The minimum absolute atomic E-state index is 0.335. The van der Waals surface area contributed by atoms with Crippen molar-refractivity contribution in [1.82, 2.24) is 0 Å². The fraction of sp³-hybridized carbons (Fsp3) is 0.417. The first-order chi connectivity index (χ1) is 9.06. The van der Waals surface area contributed by atoms with Crippen LogP contribution in [0, 0.1) is 5.92 Å². The first kappa shape index (κ1) is 14.8. The number of aliphatic carboxylic acids is 1. The van der Waals surface area contributed by atoms with Gasteiger partial charge in [0.25, 0.3) is 0 Å². The molecule has 0 radical (unpaired) electrons. The molecule has 0 aliphatic carbocycles. The molecule has 0 spiro atoms. The van der Waals surface area contributed by atoms with Gasteiger partial charge in [-0.3, -0.25) is 4.79 Å². The quantitative estimate of drug-likeness (QED) is 0.908. The molecule has 2 unspecified atom stereocenters. The number of hydrogen-bond acceptors (Lipinski definition) is 3. The number of fused-ring (bicyclic) bond motifs is 1. The smallest absolute Gasteiger partial charge is 0.416 e. The van der Waals surface area contributed by atoms with Crippen LogP contribution in [0.1, 0.15) is 18.1 Å². The Bertz CT molecular complexity index is 664. The van der Waals surface area contributed by atoms with Crippen LogP contribution in [0.5, 0.6) is 0 Å². The second kappa shape index (κ2) is 4.47. The van der Waals surface area contributed by atoms with Crippen LogP contribution < -0.4 is 0 Å². The van der Waals surface area contributed by atoms with Crippen molar-refractivity contribution in [3.63, 3.8) is 0 Å². The van der Waals surface area contributed by atoms with E-state index in [9.17, 15) is 26.4 Å². The van der Waals surface area contributed by atoms with Crippen molar-refractivity contribution in [3.05, 3.63) is 29.3 Å². The van der Waals surface area contributed by atoms with Gasteiger partial charge in [-0.05, 0) is 24.1 Å². The van der Waals surface area contributed by atoms with Gasteiger partial charge in [0, 0.05) is 0 Å². The van der Waals surface area contributed by atoms with Crippen LogP contribution in [0.3, 0.4) is 0 Å². The molecular weight excluding hydrogens is 297 g/mol. The summed E-state index contributed by atoms with van der Waals surface area (Å²) in [4.78, 5) is 10.5. The Kier molecular flexibility index (Phi) is 3.32. The van der Waals surface area contributed by atoms with Crippen LogP contribution in [0.2, 0.25) is 0 Å². The molecule has 0 saturated carbocycles. The van der Waals surface area contributed by atoms with Gasteiger partial charge in [0.2, 0.25) is 0 Å². The Balaban J connectivity index is 2.61. The molecule has 1 heterocycles. The molecular formula is C12H11F3O4S. The molecule has 1 aromatic rings. The first-order valence-corrected chi connectivity index (χ1v) is 7.27. The van der Waals surface area contributed by atoms with Crippen LogP contribution in [0.15, 0.2) is 23.1 Å². The molecule has 1 aliphatic rings. The number of carboxylic acids is 1. The molecule has 2 atom stereocenters. The lowest BCUT2D eigenvalue weighted by Gasteiger charge is -2.13. The van der Waals surface area contributed by atoms with Gasteiger partial charge in [-0.25, -0.2) is 8.42 Å². The zero-order valence-electron chi connectivity index (χ0n) is 10.3. The van der Waals surface area contributed by atoms with Crippen LogP contribution in [-0.4, -0.2) is 24.7 Å². The lowest BCUT2D eigenvalue weighted by molar-refractivity contribution is -0.141. The second-order valence-electron chi connectivity index (χ2n) is 4.69. The molecule has 0 saturated heterocycles. The van der Waals surface area contributed by atoms with Gasteiger partial charge in [0.1, 0.15) is 0 Å². The van der Waals surface area contributed by atoms with Gasteiger partial charge >= 0.3 is 12.1 Å². The van der Waals surface area contributed by atoms with Crippen molar-refractivity contribution in [2.45, 2.75) is 29.7 Å². The van der Waals surface area contributed by atoms with Crippen molar-refractivity contribution >= 4 is 15.8 Å². The van der Waals surface area contributed by atoms with E-state index < -0.39 is 50.0 Å². The predicted octanol–water partition coefficient (Wildman–Crippen LogP) is 2.12. The molecule has 2 rings (SSSR count). The van der Waals surface area contributed by atoms with Gasteiger partial charge < -0.3 is 5.11 Å². The molecule has 1 N–H and O–H groups in total. The Morgan fingerprint density at radius 1 is 1.40 bits per heavy atom. The number of sulfone groups is 1. The Morgan fingerprint density at radius 2 is 2.00 bits per heavy atom. The molecule has 1 aromatic carbocycles. The van der Waals surface area contributed by atoms with Crippen LogP contribution >= 0.6 is 0 Å². The summed E-state index contributed by atoms with van der Waals surface area (Å²) in [7, 11) is -4.05. The third-order valence-corrected chi connectivity index (χ3v) is 5.86. The van der Waals surface area contributed by atoms with Crippen molar-refractivity contribution < 1.29 is 31.5 Å². The summed E-state index contributed by atoms with van der Waals surface area (Å²) < 4.78 is 63.0. The average molecular weight is 308 g/mol.